The lowest BCUT2D eigenvalue weighted by Gasteiger charge is -2.15. The molecule has 0 unspecified atom stereocenters. The van der Waals surface area contributed by atoms with Gasteiger partial charge in [0.05, 0.1) is 22.7 Å². The van der Waals surface area contributed by atoms with Gasteiger partial charge in [0.15, 0.2) is 0 Å². The number of pyridine rings is 1. The van der Waals surface area contributed by atoms with Crippen molar-refractivity contribution < 1.29 is 17.9 Å². The summed E-state index contributed by atoms with van der Waals surface area (Å²) in [4.78, 5) is 25.4. The van der Waals surface area contributed by atoms with Crippen LogP contribution < -0.4 is 15.6 Å². The molecule has 0 saturated heterocycles. The van der Waals surface area contributed by atoms with Crippen molar-refractivity contribution in [2.75, 3.05) is 12.4 Å². The lowest BCUT2D eigenvalue weighted by Crippen LogP contribution is -2.33. The average Bonchev–Trinajstić information content (AvgIpc) is 2.73. The first kappa shape index (κ1) is 23.6. The van der Waals surface area contributed by atoms with Crippen LogP contribution in [0.15, 0.2) is 63.1 Å². The van der Waals surface area contributed by atoms with Gasteiger partial charge < -0.3 is 14.6 Å². The Kier molecular flexibility index (Phi) is 6.76. The third-order valence-electron chi connectivity index (χ3n) is 4.99. The minimum atomic E-state index is -4.11. The van der Waals surface area contributed by atoms with Crippen LogP contribution in [-0.4, -0.2) is 26.0 Å². The number of benzene rings is 2. The summed E-state index contributed by atoms with van der Waals surface area (Å²) < 4.78 is 32.6. The number of aryl methyl sites for hydroxylation is 3. The number of sulfone groups is 1. The van der Waals surface area contributed by atoms with E-state index in [0.717, 1.165) is 10.1 Å². The van der Waals surface area contributed by atoms with Crippen LogP contribution in [0.5, 0.6) is 5.75 Å². The van der Waals surface area contributed by atoms with Crippen molar-refractivity contribution in [2.24, 2.45) is 0 Å². The fourth-order valence-electron chi connectivity index (χ4n) is 3.36. The first-order chi connectivity index (χ1) is 15.0. The number of nitrogens with zero attached hydrogens (tertiary/aromatic N) is 1. The van der Waals surface area contributed by atoms with Gasteiger partial charge in [0.1, 0.15) is 17.2 Å². The van der Waals surface area contributed by atoms with Crippen molar-refractivity contribution in [3.8, 4) is 5.75 Å². The molecule has 3 rings (SSSR count). The van der Waals surface area contributed by atoms with E-state index in [1.165, 1.54) is 31.4 Å². The fraction of sp³-hybridized carbons (Fsp3) is 0.217. The zero-order chi connectivity index (χ0) is 23.6. The molecule has 1 N–H and O–H groups in total. The molecule has 0 aliphatic rings. The summed E-state index contributed by atoms with van der Waals surface area (Å²) in [7, 11) is -2.64. The SMILES string of the molecule is COc1ccc(S(=O)(=O)c2c(C)cc(C)n(CC(=O)Nc3ccc(C)cc3Cl)c2=O)cc1. The molecule has 0 bridgehead atoms. The molecule has 2 aromatic carbocycles. The Morgan fingerprint density at radius 1 is 1.06 bits per heavy atom. The number of carbonyl (C=O) groups is 1. The molecule has 0 saturated carbocycles. The second-order valence-corrected chi connectivity index (χ2v) is 9.69. The van der Waals surface area contributed by atoms with Crippen LogP contribution in [0.25, 0.3) is 0 Å². The van der Waals surface area contributed by atoms with Gasteiger partial charge >= 0.3 is 0 Å². The van der Waals surface area contributed by atoms with E-state index in [0.29, 0.717) is 27.7 Å². The molecule has 0 atom stereocenters. The number of rotatable bonds is 6. The number of aromatic nitrogens is 1. The summed E-state index contributed by atoms with van der Waals surface area (Å²) in [5.74, 6) is -0.00831. The Bertz CT molecular complexity index is 1350. The van der Waals surface area contributed by atoms with E-state index in [2.05, 4.69) is 5.32 Å². The van der Waals surface area contributed by atoms with Gasteiger partial charge in [0.25, 0.3) is 5.56 Å². The van der Waals surface area contributed by atoms with Gasteiger partial charge in [0, 0.05) is 5.69 Å². The van der Waals surface area contributed by atoms with Gasteiger partial charge in [-0.2, -0.15) is 0 Å². The molecule has 0 aliphatic carbocycles. The normalized spacial score (nSPS) is 11.3. The standard InChI is InChI=1S/C23H23ClN2O5S/c1-14-5-10-20(19(24)11-14)25-21(27)13-26-16(3)12-15(2)22(23(26)28)32(29,30)18-8-6-17(31-4)7-9-18/h5-12H,13H2,1-4H3,(H,25,27). The quantitative estimate of drug-likeness (QED) is 0.584. The topological polar surface area (TPSA) is 94.5 Å². The molecule has 32 heavy (non-hydrogen) atoms. The minimum Gasteiger partial charge on any atom is -0.497 e. The van der Waals surface area contributed by atoms with Crippen molar-refractivity contribution in [2.45, 2.75) is 37.1 Å². The number of methoxy groups -OCH3 is 1. The predicted molar refractivity (Wildman–Crippen MR) is 123 cm³/mol. The molecule has 1 heterocycles. The van der Waals surface area contributed by atoms with E-state index in [4.69, 9.17) is 16.3 Å². The average molecular weight is 475 g/mol. The second kappa shape index (κ2) is 9.18. The van der Waals surface area contributed by atoms with Crippen molar-refractivity contribution in [1.29, 1.82) is 0 Å². The Labute approximate surface area is 191 Å². The molecular formula is C23H23ClN2O5S. The van der Waals surface area contributed by atoms with Gasteiger partial charge in [-0.15, -0.1) is 0 Å². The van der Waals surface area contributed by atoms with Gasteiger partial charge in [-0.05, 0) is 74.4 Å². The van der Waals surface area contributed by atoms with E-state index in [1.807, 2.05) is 6.92 Å². The van der Waals surface area contributed by atoms with Crippen LogP contribution in [0.4, 0.5) is 5.69 Å². The number of halogens is 1. The van der Waals surface area contributed by atoms with E-state index >= 15 is 0 Å². The zero-order valence-electron chi connectivity index (χ0n) is 18.1. The van der Waals surface area contributed by atoms with E-state index in [-0.39, 0.29) is 16.3 Å². The summed E-state index contributed by atoms with van der Waals surface area (Å²) in [5, 5.41) is 3.03. The highest BCUT2D eigenvalue weighted by molar-refractivity contribution is 7.91. The largest absolute Gasteiger partial charge is 0.497 e. The van der Waals surface area contributed by atoms with Gasteiger partial charge in [-0.25, -0.2) is 8.42 Å². The molecule has 0 aliphatic heterocycles. The van der Waals surface area contributed by atoms with Gasteiger partial charge in [-0.1, -0.05) is 17.7 Å². The maximum atomic E-state index is 13.2. The summed E-state index contributed by atoms with van der Waals surface area (Å²) >= 11 is 6.16. The van der Waals surface area contributed by atoms with Crippen molar-refractivity contribution in [1.82, 2.24) is 4.57 Å². The number of carbonyl (C=O) groups excluding carboxylic acids is 1. The van der Waals surface area contributed by atoms with Crippen LogP contribution >= 0.6 is 11.6 Å². The highest BCUT2D eigenvalue weighted by Crippen LogP contribution is 2.25. The maximum absolute atomic E-state index is 13.2. The summed E-state index contributed by atoms with van der Waals surface area (Å²) in [6.07, 6.45) is 0. The number of hydrogen-bond acceptors (Lipinski definition) is 5. The summed E-state index contributed by atoms with van der Waals surface area (Å²) in [5.41, 5.74) is 1.36. The third-order valence-corrected chi connectivity index (χ3v) is 7.23. The Morgan fingerprint density at radius 2 is 1.72 bits per heavy atom. The minimum absolute atomic E-state index is 0.0372. The number of hydrogen-bond donors (Lipinski definition) is 1. The molecular weight excluding hydrogens is 452 g/mol. The smallest absolute Gasteiger partial charge is 0.270 e. The highest BCUT2D eigenvalue weighted by Gasteiger charge is 2.26. The Morgan fingerprint density at radius 3 is 2.31 bits per heavy atom. The van der Waals surface area contributed by atoms with Crippen LogP contribution in [0.3, 0.4) is 0 Å². The molecule has 3 aromatic rings. The molecule has 1 aromatic heterocycles. The second-order valence-electron chi connectivity index (χ2n) is 7.40. The zero-order valence-corrected chi connectivity index (χ0v) is 19.7. The number of amides is 1. The van der Waals surface area contributed by atoms with E-state index in [9.17, 15) is 18.0 Å². The Hall–Kier alpha value is -3.10. The highest BCUT2D eigenvalue weighted by atomic mass is 35.5. The molecule has 0 fully saturated rings. The maximum Gasteiger partial charge on any atom is 0.270 e. The van der Waals surface area contributed by atoms with Gasteiger partial charge in [-0.3, -0.25) is 9.59 Å². The Balaban J connectivity index is 1.99. The molecule has 9 heteroatoms. The van der Waals surface area contributed by atoms with Crippen LogP contribution in [0.1, 0.15) is 16.8 Å². The van der Waals surface area contributed by atoms with E-state index < -0.39 is 21.3 Å². The number of nitrogens with one attached hydrogen (secondary N) is 1. The number of ether oxygens (including phenoxy) is 1. The lowest BCUT2D eigenvalue weighted by molar-refractivity contribution is -0.116. The van der Waals surface area contributed by atoms with Crippen molar-refractivity contribution >= 4 is 33.0 Å². The van der Waals surface area contributed by atoms with Gasteiger partial charge in [0.2, 0.25) is 15.7 Å². The summed E-state index contributed by atoms with van der Waals surface area (Å²) in [6.45, 7) is 4.71. The first-order valence-corrected chi connectivity index (χ1v) is 11.6. The molecule has 1 amide bonds. The van der Waals surface area contributed by atoms with Crippen molar-refractivity contribution in [3.63, 3.8) is 0 Å². The molecule has 0 spiro atoms. The van der Waals surface area contributed by atoms with Crippen LogP contribution in [-0.2, 0) is 21.2 Å². The van der Waals surface area contributed by atoms with E-state index in [1.54, 1.807) is 38.1 Å². The van der Waals surface area contributed by atoms with Crippen molar-refractivity contribution in [3.05, 3.63) is 80.7 Å². The molecule has 7 nitrogen and oxygen atoms in total. The summed E-state index contributed by atoms with van der Waals surface area (Å²) in [6, 6.07) is 12.5. The molecule has 168 valence electrons. The third kappa shape index (κ3) is 4.71. The first-order valence-electron chi connectivity index (χ1n) is 9.70. The van der Waals surface area contributed by atoms with Crippen LogP contribution in [0.2, 0.25) is 5.02 Å². The lowest BCUT2D eigenvalue weighted by atomic mass is 10.2. The monoisotopic (exact) mass is 474 g/mol. The van der Waals surface area contributed by atoms with Crippen LogP contribution in [0, 0.1) is 20.8 Å². The number of anilines is 1. The molecule has 0 radical (unpaired) electrons. The fourth-order valence-corrected chi connectivity index (χ4v) is 5.19. The predicted octanol–water partition coefficient (Wildman–Crippen LogP) is 3.91.